The minimum absolute atomic E-state index is 0.0965. The van der Waals surface area contributed by atoms with E-state index in [2.05, 4.69) is 14.9 Å². The van der Waals surface area contributed by atoms with Crippen molar-refractivity contribution in [3.05, 3.63) is 29.0 Å². The molecule has 1 aliphatic rings. The van der Waals surface area contributed by atoms with E-state index in [1.165, 1.54) is 0 Å². The van der Waals surface area contributed by atoms with E-state index in [0.29, 0.717) is 23.9 Å². The first-order valence-electron chi connectivity index (χ1n) is 6.18. The van der Waals surface area contributed by atoms with Gasteiger partial charge in [0.1, 0.15) is 5.82 Å². The van der Waals surface area contributed by atoms with Crippen LogP contribution in [-0.4, -0.2) is 22.0 Å². The zero-order chi connectivity index (χ0) is 13.4. The first-order valence-corrected chi connectivity index (χ1v) is 7.10. The number of rotatable bonds is 2. The molecule has 0 spiro atoms. The second kappa shape index (κ2) is 5.02. The Morgan fingerprint density at radius 1 is 1.47 bits per heavy atom. The third kappa shape index (κ3) is 2.19. The summed E-state index contributed by atoms with van der Waals surface area (Å²) in [5, 5.41) is 3.55. The lowest BCUT2D eigenvalue weighted by molar-refractivity contribution is -0.122. The number of para-hydroxylation sites is 1. The lowest BCUT2D eigenvalue weighted by Gasteiger charge is -2.26. The number of carbonyl (C=O) groups is 1. The van der Waals surface area contributed by atoms with Crippen molar-refractivity contribution in [2.45, 2.75) is 24.8 Å². The highest BCUT2D eigenvalue weighted by Crippen LogP contribution is 2.30. The maximum Gasteiger partial charge on any atom is 0.220 e. The Morgan fingerprint density at radius 2 is 2.32 bits per heavy atom. The first kappa shape index (κ1) is 12.8. The van der Waals surface area contributed by atoms with Crippen LogP contribution < -0.4 is 5.32 Å². The SMILES string of the molecule is O=C1CCC(n2c(CCl)nc3cccc(Cl)c32)CN1. The molecule has 1 fully saturated rings. The number of aromatic nitrogens is 2. The molecule has 1 aliphatic heterocycles. The molecule has 19 heavy (non-hydrogen) atoms. The number of halogens is 2. The van der Waals surface area contributed by atoms with Crippen LogP contribution in [0.2, 0.25) is 5.02 Å². The van der Waals surface area contributed by atoms with Crippen molar-refractivity contribution in [2.24, 2.45) is 0 Å². The number of imidazole rings is 1. The number of benzene rings is 1. The van der Waals surface area contributed by atoms with Crippen molar-refractivity contribution in [1.29, 1.82) is 0 Å². The molecule has 0 radical (unpaired) electrons. The fourth-order valence-corrected chi connectivity index (χ4v) is 3.03. The van der Waals surface area contributed by atoms with Crippen molar-refractivity contribution in [3.63, 3.8) is 0 Å². The number of hydrogen-bond donors (Lipinski definition) is 1. The fraction of sp³-hybridized carbons (Fsp3) is 0.385. The van der Waals surface area contributed by atoms with Crippen LogP contribution >= 0.6 is 23.2 Å². The summed E-state index contributed by atoms with van der Waals surface area (Å²) in [6.07, 6.45) is 1.31. The van der Waals surface area contributed by atoms with E-state index in [1.54, 1.807) is 0 Å². The number of fused-ring (bicyclic) bond motifs is 1. The first-order chi connectivity index (χ1) is 9.20. The molecule has 100 valence electrons. The highest BCUT2D eigenvalue weighted by atomic mass is 35.5. The summed E-state index contributed by atoms with van der Waals surface area (Å²) in [7, 11) is 0. The lowest BCUT2D eigenvalue weighted by atomic mass is 10.1. The minimum Gasteiger partial charge on any atom is -0.354 e. The molecule has 1 aromatic carbocycles. The van der Waals surface area contributed by atoms with Crippen LogP contribution in [0.15, 0.2) is 18.2 Å². The van der Waals surface area contributed by atoms with Crippen molar-refractivity contribution in [2.75, 3.05) is 6.54 Å². The summed E-state index contributed by atoms with van der Waals surface area (Å²) in [5.41, 5.74) is 1.75. The zero-order valence-corrected chi connectivity index (χ0v) is 11.7. The molecule has 6 heteroatoms. The van der Waals surface area contributed by atoms with Gasteiger partial charge in [0.25, 0.3) is 0 Å². The summed E-state index contributed by atoms with van der Waals surface area (Å²) in [5.74, 6) is 1.22. The number of alkyl halides is 1. The van der Waals surface area contributed by atoms with Crippen molar-refractivity contribution < 1.29 is 4.79 Å². The predicted molar refractivity (Wildman–Crippen MR) is 75.6 cm³/mol. The number of piperidine rings is 1. The van der Waals surface area contributed by atoms with Gasteiger partial charge in [0.05, 0.1) is 28.0 Å². The van der Waals surface area contributed by atoms with Crippen LogP contribution in [0.1, 0.15) is 24.7 Å². The average molecular weight is 298 g/mol. The molecule has 1 N–H and O–H groups in total. The zero-order valence-electron chi connectivity index (χ0n) is 10.2. The van der Waals surface area contributed by atoms with Crippen LogP contribution in [0.5, 0.6) is 0 Å². The second-order valence-corrected chi connectivity index (χ2v) is 5.31. The van der Waals surface area contributed by atoms with Gasteiger partial charge in [-0.3, -0.25) is 4.79 Å². The van der Waals surface area contributed by atoms with E-state index in [4.69, 9.17) is 23.2 Å². The smallest absolute Gasteiger partial charge is 0.220 e. The standard InChI is InChI=1S/C13H13Cl2N3O/c14-6-11-17-10-3-1-2-9(15)13(10)18(11)8-4-5-12(19)16-7-8/h1-3,8H,4-7H2,(H,16,19). The summed E-state index contributed by atoms with van der Waals surface area (Å²) in [6, 6.07) is 5.82. The van der Waals surface area contributed by atoms with E-state index >= 15 is 0 Å². The Hall–Kier alpha value is -1.26. The van der Waals surface area contributed by atoms with E-state index in [9.17, 15) is 4.79 Å². The summed E-state index contributed by atoms with van der Waals surface area (Å²) in [4.78, 5) is 15.8. The van der Waals surface area contributed by atoms with E-state index in [1.807, 2.05) is 18.2 Å². The average Bonchev–Trinajstić information content (AvgIpc) is 2.80. The molecule has 0 aliphatic carbocycles. The molecule has 1 aromatic heterocycles. The summed E-state index contributed by atoms with van der Waals surface area (Å²) >= 11 is 12.3. The Kier molecular flexibility index (Phi) is 3.37. The fourth-order valence-electron chi connectivity index (χ4n) is 2.58. The van der Waals surface area contributed by atoms with Gasteiger partial charge in [0.2, 0.25) is 5.91 Å². The molecule has 0 saturated carbocycles. The van der Waals surface area contributed by atoms with E-state index in [-0.39, 0.29) is 11.9 Å². The topological polar surface area (TPSA) is 46.9 Å². The Bertz CT molecular complexity index is 628. The quantitative estimate of drug-likeness (QED) is 0.867. The van der Waals surface area contributed by atoms with Crippen LogP contribution in [0.3, 0.4) is 0 Å². The maximum atomic E-state index is 11.3. The van der Waals surface area contributed by atoms with Gasteiger partial charge in [-0.25, -0.2) is 4.98 Å². The van der Waals surface area contributed by atoms with Gasteiger partial charge in [0.15, 0.2) is 0 Å². The van der Waals surface area contributed by atoms with Gasteiger partial charge in [-0.2, -0.15) is 0 Å². The normalized spacial score (nSPS) is 19.7. The highest BCUT2D eigenvalue weighted by molar-refractivity contribution is 6.35. The molecule has 1 atom stereocenters. The number of hydrogen-bond acceptors (Lipinski definition) is 2. The Labute approximate surface area is 120 Å². The van der Waals surface area contributed by atoms with Crippen LogP contribution in [-0.2, 0) is 10.7 Å². The molecule has 4 nitrogen and oxygen atoms in total. The van der Waals surface area contributed by atoms with Gasteiger partial charge in [-0.15, -0.1) is 11.6 Å². The molecule has 0 bridgehead atoms. The van der Waals surface area contributed by atoms with Crippen molar-refractivity contribution >= 4 is 40.1 Å². The molecule has 2 heterocycles. The third-order valence-corrected chi connectivity index (χ3v) is 4.00. The van der Waals surface area contributed by atoms with Gasteiger partial charge in [0, 0.05) is 13.0 Å². The van der Waals surface area contributed by atoms with Crippen LogP contribution in [0.4, 0.5) is 0 Å². The van der Waals surface area contributed by atoms with Gasteiger partial charge < -0.3 is 9.88 Å². The van der Waals surface area contributed by atoms with Gasteiger partial charge in [-0.1, -0.05) is 17.7 Å². The number of amides is 1. The Morgan fingerprint density at radius 3 is 3.00 bits per heavy atom. The number of nitrogens with zero attached hydrogens (tertiary/aromatic N) is 2. The predicted octanol–water partition coefficient (Wildman–Crippen LogP) is 2.88. The highest BCUT2D eigenvalue weighted by Gasteiger charge is 2.24. The minimum atomic E-state index is 0.0965. The summed E-state index contributed by atoms with van der Waals surface area (Å²) < 4.78 is 2.07. The van der Waals surface area contributed by atoms with Gasteiger partial charge in [-0.05, 0) is 18.6 Å². The molecular formula is C13H13Cl2N3O. The molecule has 1 saturated heterocycles. The Balaban J connectivity index is 2.12. The number of carbonyl (C=O) groups excluding carboxylic acids is 1. The van der Waals surface area contributed by atoms with Crippen LogP contribution in [0.25, 0.3) is 11.0 Å². The molecule has 1 unspecified atom stereocenters. The van der Waals surface area contributed by atoms with Crippen molar-refractivity contribution in [3.8, 4) is 0 Å². The second-order valence-electron chi connectivity index (χ2n) is 4.64. The van der Waals surface area contributed by atoms with Crippen molar-refractivity contribution in [1.82, 2.24) is 14.9 Å². The van der Waals surface area contributed by atoms with Gasteiger partial charge >= 0.3 is 0 Å². The maximum absolute atomic E-state index is 11.3. The lowest BCUT2D eigenvalue weighted by Crippen LogP contribution is -2.36. The van der Waals surface area contributed by atoms with E-state index in [0.717, 1.165) is 23.3 Å². The van der Waals surface area contributed by atoms with E-state index < -0.39 is 0 Å². The molecule has 2 aromatic rings. The third-order valence-electron chi connectivity index (χ3n) is 3.46. The molecule has 1 amide bonds. The summed E-state index contributed by atoms with van der Waals surface area (Å²) in [6.45, 7) is 0.597. The monoisotopic (exact) mass is 297 g/mol. The molecular weight excluding hydrogens is 285 g/mol. The molecule has 3 rings (SSSR count). The largest absolute Gasteiger partial charge is 0.354 e. The van der Waals surface area contributed by atoms with Crippen LogP contribution in [0, 0.1) is 0 Å². The number of nitrogens with one attached hydrogen (secondary N) is 1.